The predicted octanol–water partition coefficient (Wildman–Crippen LogP) is 3.75. The highest BCUT2D eigenvalue weighted by molar-refractivity contribution is 8.04. The fraction of sp³-hybridized carbons (Fsp3) is 0.333. The van der Waals surface area contributed by atoms with Gasteiger partial charge in [0.2, 0.25) is 0 Å². The van der Waals surface area contributed by atoms with Crippen molar-refractivity contribution in [2.75, 3.05) is 0 Å². The van der Waals surface area contributed by atoms with Crippen molar-refractivity contribution in [3.05, 3.63) is 45.5 Å². The number of aryl methyl sites for hydroxylation is 1. The second-order valence-electron chi connectivity index (χ2n) is 5.76. The van der Waals surface area contributed by atoms with Crippen molar-refractivity contribution in [1.82, 2.24) is 0 Å². The minimum atomic E-state index is -1.63. The van der Waals surface area contributed by atoms with Gasteiger partial charge >= 0.3 is 0 Å². The van der Waals surface area contributed by atoms with Crippen LogP contribution in [0.2, 0.25) is 13.1 Å². The molecule has 0 aromatic heterocycles. The summed E-state index contributed by atoms with van der Waals surface area (Å²) in [6.45, 7) is 9.06. The van der Waals surface area contributed by atoms with E-state index in [-0.39, 0.29) is 0 Å². The van der Waals surface area contributed by atoms with Crippen molar-refractivity contribution in [3.63, 3.8) is 0 Å². The Labute approximate surface area is 114 Å². The Morgan fingerprint density at radius 3 is 2.72 bits per heavy atom. The van der Waals surface area contributed by atoms with Gasteiger partial charge in [-0.3, -0.25) is 0 Å². The second kappa shape index (κ2) is 3.78. The van der Waals surface area contributed by atoms with Crippen LogP contribution in [0.1, 0.15) is 18.1 Å². The Kier molecular flexibility index (Phi) is 2.54. The summed E-state index contributed by atoms with van der Waals surface area (Å²) in [6, 6.07) is 6.52. The molecule has 3 rings (SSSR count). The quantitative estimate of drug-likeness (QED) is 0.727. The van der Waals surface area contributed by atoms with Gasteiger partial charge in [-0.1, -0.05) is 36.9 Å². The maximum atomic E-state index is 10.5. The summed E-state index contributed by atoms with van der Waals surface area (Å²) in [4.78, 5) is 1.14. The van der Waals surface area contributed by atoms with Gasteiger partial charge in [0, 0.05) is 15.7 Å². The van der Waals surface area contributed by atoms with Gasteiger partial charge in [-0.15, -0.1) is 11.8 Å². The Hall–Kier alpha value is -0.933. The van der Waals surface area contributed by atoms with Crippen LogP contribution in [0.25, 0.3) is 5.76 Å². The van der Waals surface area contributed by atoms with E-state index < -0.39 is 8.07 Å². The van der Waals surface area contributed by atoms with E-state index in [9.17, 15) is 5.11 Å². The first kappa shape index (κ1) is 12.1. The fourth-order valence-electron chi connectivity index (χ4n) is 2.94. The number of aliphatic hydroxyl groups is 1. The first-order chi connectivity index (χ1) is 8.41. The largest absolute Gasteiger partial charge is 0.506 e. The molecule has 1 aromatic carbocycles. The highest BCUT2D eigenvalue weighted by atomic mass is 32.2. The molecule has 1 aromatic rings. The molecular weight excluding hydrogens is 256 g/mol. The first-order valence-electron chi connectivity index (χ1n) is 6.35. The lowest BCUT2D eigenvalue weighted by molar-refractivity contribution is 0.510. The van der Waals surface area contributed by atoms with E-state index in [1.165, 1.54) is 15.9 Å². The normalized spacial score (nSPS) is 24.7. The Morgan fingerprint density at radius 1 is 1.28 bits per heavy atom. The third-order valence-electron chi connectivity index (χ3n) is 3.94. The molecule has 1 N–H and O–H groups in total. The number of hydrogen-bond acceptors (Lipinski definition) is 2. The summed E-state index contributed by atoms with van der Waals surface area (Å²) in [6.07, 6.45) is 2.35. The number of allylic oxidation sites excluding steroid dienone is 1. The van der Waals surface area contributed by atoms with Gasteiger partial charge in [0.15, 0.2) is 0 Å². The standard InChI is InChI=1S/C15H18OSSi/c1-9-5-6-12-11(7-9)14(16)15-13(18(12,3)4)8-10(2)17-15/h5-8,10,16H,1-4H3. The molecule has 0 fully saturated rings. The third kappa shape index (κ3) is 1.54. The van der Waals surface area contributed by atoms with Crippen molar-refractivity contribution >= 4 is 30.8 Å². The molecule has 0 saturated heterocycles. The smallest absolute Gasteiger partial charge is 0.136 e. The van der Waals surface area contributed by atoms with E-state index in [0.29, 0.717) is 11.0 Å². The molecule has 0 radical (unpaired) electrons. The van der Waals surface area contributed by atoms with E-state index in [1.54, 1.807) is 11.8 Å². The Bertz CT molecular complexity index is 599. The summed E-state index contributed by atoms with van der Waals surface area (Å²) in [5.41, 5.74) is 2.29. The maximum Gasteiger partial charge on any atom is 0.136 e. The van der Waals surface area contributed by atoms with E-state index in [1.807, 2.05) is 0 Å². The van der Waals surface area contributed by atoms with Crippen LogP contribution >= 0.6 is 11.8 Å². The van der Waals surface area contributed by atoms with E-state index in [0.717, 1.165) is 10.5 Å². The summed E-state index contributed by atoms with van der Waals surface area (Å²) in [5.74, 6) is 0.501. The minimum Gasteiger partial charge on any atom is -0.506 e. The summed E-state index contributed by atoms with van der Waals surface area (Å²) < 4.78 is 0. The van der Waals surface area contributed by atoms with Crippen LogP contribution < -0.4 is 5.19 Å². The summed E-state index contributed by atoms with van der Waals surface area (Å²) in [7, 11) is -1.63. The zero-order valence-electron chi connectivity index (χ0n) is 11.2. The zero-order valence-corrected chi connectivity index (χ0v) is 13.1. The lowest BCUT2D eigenvalue weighted by Gasteiger charge is -2.33. The van der Waals surface area contributed by atoms with Crippen molar-refractivity contribution in [2.45, 2.75) is 32.2 Å². The molecule has 0 saturated carbocycles. The maximum absolute atomic E-state index is 10.5. The molecule has 2 heterocycles. The van der Waals surface area contributed by atoms with Crippen LogP contribution in [0.3, 0.4) is 0 Å². The van der Waals surface area contributed by atoms with Gasteiger partial charge in [0.05, 0.1) is 0 Å². The number of thioether (sulfide) groups is 1. The SMILES string of the molecule is Cc1ccc2c(c1)C(O)=C1SC(C)C=C1[Si]2(C)C. The van der Waals surface area contributed by atoms with Crippen molar-refractivity contribution < 1.29 is 5.11 Å². The van der Waals surface area contributed by atoms with Crippen LogP contribution in [-0.4, -0.2) is 18.4 Å². The van der Waals surface area contributed by atoms with Crippen molar-refractivity contribution in [2.24, 2.45) is 0 Å². The molecule has 1 unspecified atom stereocenters. The molecule has 1 atom stereocenters. The van der Waals surface area contributed by atoms with Gasteiger partial charge in [0.1, 0.15) is 13.8 Å². The van der Waals surface area contributed by atoms with Crippen molar-refractivity contribution in [1.29, 1.82) is 0 Å². The topological polar surface area (TPSA) is 20.2 Å². The molecule has 0 amide bonds. The molecule has 0 spiro atoms. The monoisotopic (exact) mass is 274 g/mol. The number of rotatable bonds is 0. The lowest BCUT2D eigenvalue weighted by Crippen LogP contribution is -2.48. The highest BCUT2D eigenvalue weighted by Crippen LogP contribution is 2.47. The number of benzene rings is 1. The average Bonchev–Trinajstić information content (AvgIpc) is 2.69. The number of fused-ring (bicyclic) bond motifs is 2. The number of hydrogen-bond donors (Lipinski definition) is 1. The molecule has 3 heteroatoms. The predicted molar refractivity (Wildman–Crippen MR) is 83.0 cm³/mol. The lowest BCUT2D eigenvalue weighted by atomic mass is 10.1. The van der Waals surface area contributed by atoms with Crippen LogP contribution in [0.15, 0.2) is 34.4 Å². The first-order valence-corrected chi connectivity index (χ1v) is 10.2. The van der Waals surface area contributed by atoms with Gasteiger partial charge in [-0.05, 0) is 30.3 Å². The van der Waals surface area contributed by atoms with Crippen LogP contribution in [0, 0.1) is 6.92 Å². The van der Waals surface area contributed by atoms with Gasteiger partial charge in [-0.2, -0.15) is 0 Å². The molecular formula is C15H18OSSi. The summed E-state index contributed by atoms with van der Waals surface area (Å²) >= 11 is 1.80. The van der Waals surface area contributed by atoms with Crippen LogP contribution in [-0.2, 0) is 0 Å². The van der Waals surface area contributed by atoms with Gasteiger partial charge in [-0.25, -0.2) is 0 Å². The minimum absolute atomic E-state index is 0.485. The highest BCUT2D eigenvalue weighted by Gasteiger charge is 2.42. The molecule has 1 nitrogen and oxygen atoms in total. The molecule has 94 valence electrons. The van der Waals surface area contributed by atoms with Gasteiger partial charge < -0.3 is 5.11 Å². The Morgan fingerprint density at radius 2 is 2.00 bits per heavy atom. The third-order valence-corrected chi connectivity index (χ3v) is 8.83. The van der Waals surface area contributed by atoms with E-state index in [2.05, 4.69) is 51.2 Å². The Balaban J connectivity index is 2.33. The molecule has 2 aliphatic rings. The molecule has 2 aliphatic heterocycles. The molecule has 18 heavy (non-hydrogen) atoms. The van der Waals surface area contributed by atoms with Crippen molar-refractivity contribution in [3.8, 4) is 0 Å². The van der Waals surface area contributed by atoms with Crippen LogP contribution in [0.4, 0.5) is 0 Å². The molecule has 0 aliphatic carbocycles. The van der Waals surface area contributed by atoms with E-state index >= 15 is 0 Å². The summed E-state index contributed by atoms with van der Waals surface area (Å²) in [5, 5.41) is 13.8. The number of aliphatic hydroxyl groups excluding tert-OH is 1. The average molecular weight is 274 g/mol. The molecule has 0 bridgehead atoms. The zero-order chi connectivity index (χ0) is 13.1. The van der Waals surface area contributed by atoms with Crippen LogP contribution in [0.5, 0.6) is 0 Å². The fourth-order valence-corrected chi connectivity index (χ4v) is 8.00. The van der Waals surface area contributed by atoms with E-state index in [4.69, 9.17) is 0 Å². The van der Waals surface area contributed by atoms with Gasteiger partial charge in [0.25, 0.3) is 0 Å². The second-order valence-corrected chi connectivity index (χ2v) is 11.5.